The Labute approximate surface area is 67.2 Å². The van der Waals surface area contributed by atoms with Crippen molar-refractivity contribution in [3.8, 4) is 0 Å². The van der Waals surface area contributed by atoms with Crippen LogP contribution in [0.1, 0.15) is 5.69 Å². The summed E-state index contributed by atoms with van der Waals surface area (Å²) in [5.74, 6) is 0. The van der Waals surface area contributed by atoms with Crippen LogP contribution in [-0.2, 0) is 0 Å². The van der Waals surface area contributed by atoms with Crippen LogP contribution in [-0.4, -0.2) is 0 Å². The van der Waals surface area contributed by atoms with Crippen LogP contribution >= 0.6 is 15.9 Å². The predicted octanol–water partition coefficient (Wildman–Crippen LogP) is 0.973. The van der Waals surface area contributed by atoms with E-state index in [1.807, 2.05) is 0 Å². The second-order valence-corrected chi connectivity index (χ2v) is 2.90. The minimum atomic E-state index is 0.588. The first-order chi connectivity index (χ1) is 4.61. The van der Waals surface area contributed by atoms with Crippen LogP contribution in [0.25, 0.3) is 0 Å². The van der Waals surface area contributed by atoms with Gasteiger partial charge in [-0.1, -0.05) is 0 Å². The second kappa shape index (κ2) is 2.46. The fourth-order valence-corrected chi connectivity index (χ4v) is 0.937. The van der Waals surface area contributed by atoms with Crippen molar-refractivity contribution in [1.29, 1.82) is 0 Å². The van der Waals surface area contributed by atoms with Crippen LogP contribution < -0.4 is 10.5 Å². The van der Waals surface area contributed by atoms with Gasteiger partial charge in [0.05, 0.1) is 5.69 Å². The molecule has 0 aromatic carbocycles. The van der Waals surface area contributed by atoms with Crippen LogP contribution in [0.15, 0.2) is 16.7 Å². The van der Waals surface area contributed by atoms with Crippen molar-refractivity contribution in [2.45, 2.75) is 6.92 Å². The molecule has 1 heterocycles. The van der Waals surface area contributed by atoms with Gasteiger partial charge in [-0.3, -0.25) is 0 Å². The van der Waals surface area contributed by atoms with Gasteiger partial charge < -0.3 is 10.9 Å². The monoisotopic (exact) mass is 202 g/mol. The maximum atomic E-state index is 10.8. The zero-order valence-corrected chi connectivity index (χ0v) is 7.05. The van der Waals surface area contributed by atoms with Gasteiger partial charge in [0.2, 0.25) is 0 Å². The normalized spacial score (nSPS) is 9.80. The van der Waals surface area contributed by atoms with Crippen molar-refractivity contribution in [2.75, 3.05) is 5.73 Å². The van der Waals surface area contributed by atoms with Crippen LogP contribution in [0.4, 0.5) is 5.69 Å². The van der Waals surface area contributed by atoms with E-state index in [1.165, 1.54) is 6.20 Å². The molecule has 0 saturated heterocycles. The Kier molecular flexibility index (Phi) is 1.80. The molecule has 1 aromatic rings. The molecule has 0 aliphatic rings. The molecule has 10 heavy (non-hydrogen) atoms. The summed E-state index contributed by atoms with van der Waals surface area (Å²) in [5.41, 5.74) is 6.68. The molecule has 54 valence electrons. The number of anilines is 1. The number of aryl methyl sites for hydroxylation is 1. The van der Waals surface area contributed by atoms with Crippen molar-refractivity contribution in [3.05, 3.63) is 27.6 Å². The summed E-state index contributed by atoms with van der Waals surface area (Å²) in [6.45, 7) is 1.70. The third-order valence-corrected chi connectivity index (χ3v) is 1.88. The summed E-state index contributed by atoms with van der Waals surface area (Å²) >= 11 is 3.13. The van der Waals surface area contributed by atoms with Crippen LogP contribution in [0.2, 0.25) is 0 Å². The first-order valence-corrected chi connectivity index (χ1v) is 3.55. The minimum Gasteiger partial charge on any atom is -0.618 e. The molecule has 0 atom stereocenters. The molecule has 0 radical (unpaired) electrons. The van der Waals surface area contributed by atoms with Gasteiger partial charge in [-0.25, -0.2) is 0 Å². The molecular weight excluding hydrogens is 196 g/mol. The highest BCUT2D eigenvalue weighted by Crippen LogP contribution is 2.16. The maximum Gasteiger partial charge on any atom is 0.196 e. The molecule has 0 bridgehead atoms. The van der Waals surface area contributed by atoms with E-state index >= 15 is 0 Å². The lowest BCUT2D eigenvalue weighted by atomic mass is 10.3. The van der Waals surface area contributed by atoms with Crippen molar-refractivity contribution in [3.63, 3.8) is 0 Å². The molecule has 0 spiro atoms. The summed E-state index contributed by atoms with van der Waals surface area (Å²) < 4.78 is 1.40. The van der Waals surface area contributed by atoms with Gasteiger partial charge in [-0.05, 0) is 15.9 Å². The van der Waals surface area contributed by atoms with Gasteiger partial charge in [0, 0.05) is 13.0 Å². The topological polar surface area (TPSA) is 53.0 Å². The lowest BCUT2D eigenvalue weighted by Crippen LogP contribution is -2.29. The first-order valence-electron chi connectivity index (χ1n) is 2.76. The van der Waals surface area contributed by atoms with E-state index in [4.69, 9.17) is 5.73 Å². The van der Waals surface area contributed by atoms with Gasteiger partial charge >= 0.3 is 0 Å². The van der Waals surface area contributed by atoms with Gasteiger partial charge in [-0.15, -0.1) is 0 Å². The van der Waals surface area contributed by atoms with Crippen molar-refractivity contribution < 1.29 is 4.73 Å². The molecule has 0 aliphatic carbocycles. The first kappa shape index (κ1) is 7.34. The van der Waals surface area contributed by atoms with E-state index in [9.17, 15) is 5.21 Å². The van der Waals surface area contributed by atoms with Crippen molar-refractivity contribution >= 4 is 21.6 Å². The quantitative estimate of drug-likeness (QED) is 0.504. The molecule has 0 aliphatic heterocycles. The number of halogens is 1. The molecule has 0 saturated carbocycles. The smallest absolute Gasteiger partial charge is 0.196 e. The largest absolute Gasteiger partial charge is 0.618 e. The van der Waals surface area contributed by atoms with E-state index in [2.05, 4.69) is 15.9 Å². The molecule has 0 fully saturated rings. The minimum absolute atomic E-state index is 0.588. The summed E-state index contributed by atoms with van der Waals surface area (Å²) in [5, 5.41) is 10.8. The summed E-state index contributed by atoms with van der Waals surface area (Å²) in [6.07, 6.45) is 1.39. The Morgan fingerprint density at radius 2 is 2.30 bits per heavy atom. The number of pyridine rings is 1. The third kappa shape index (κ3) is 1.21. The van der Waals surface area contributed by atoms with Crippen LogP contribution in [0.5, 0.6) is 0 Å². The van der Waals surface area contributed by atoms with E-state index in [0.717, 1.165) is 4.73 Å². The summed E-state index contributed by atoms with van der Waals surface area (Å²) in [4.78, 5) is 0. The molecule has 2 N–H and O–H groups in total. The molecule has 0 unspecified atom stereocenters. The van der Waals surface area contributed by atoms with Crippen molar-refractivity contribution in [2.24, 2.45) is 0 Å². The van der Waals surface area contributed by atoms with Gasteiger partial charge in [-0.2, -0.15) is 4.73 Å². The number of hydrogen-bond donors (Lipinski definition) is 1. The fraction of sp³-hybridized carbons (Fsp3) is 0.167. The Balaban J connectivity index is 3.28. The van der Waals surface area contributed by atoms with E-state index < -0.39 is 0 Å². The van der Waals surface area contributed by atoms with Crippen molar-refractivity contribution in [1.82, 2.24) is 0 Å². The average molecular weight is 203 g/mol. The predicted molar refractivity (Wildman–Crippen MR) is 42.3 cm³/mol. The number of hydrogen-bond acceptors (Lipinski definition) is 2. The lowest BCUT2D eigenvalue weighted by Gasteiger charge is -2.01. The summed E-state index contributed by atoms with van der Waals surface area (Å²) in [6, 6.07) is 1.62. The number of nitrogens with zero attached hydrogens (tertiary/aromatic N) is 1. The Bertz CT molecular complexity index is 212. The Morgan fingerprint density at radius 3 is 2.80 bits per heavy atom. The lowest BCUT2D eigenvalue weighted by molar-refractivity contribution is -0.612. The van der Waals surface area contributed by atoms with Gasteiger partial charge in [0.15, 0.2) is 11.9 Å². The molecule has 0 amide bonds. The number of aromatic nitrogens is 1. The second-order valence-electron chi connectivity index (χ2n) is 2.04. The molecule has 4 heteroatoms. The number of nitrogens with two attached hydrogens (primary N) is 1. The highest BCUT2D eigenvalue weighted by atomic mass is 79.9. The molecule has 3 nitrogen and oxygen atoms in total. The summed E-state index contributed by atoms with van der Waals surface area (Å²) in [7, 11) is 0. The van der Waals surface area contributed by atoms with E-state index in [-0.39, 0.29) is 0 Å². The third-order valence-electron chi connectivity index (χ3n) is 1.22. The molecule has 1 aromatic heterocycles. The number of rotatable bonds is 0. The maximum absolute atomic E-state index is 10.8. The zero-order valence-electron chi connectivity index (χ0n) is 5.47. The fourth-order valence-electron chi connectivity index (χ4n) is 0.637. The Morgan fingerprint density at radius 1 is 1.70 bits per heavy atom. The Hall–Kier alpha value is -0.770. The average Bonchev–Trinajstić information content (AvgIpc) is 1.84. The van der Waals surface area contributed by atoms with E-state index in [0.29, 0.717) is 15.9 Å². The SMILES string of the molecule is Cc1cc(N)c(Br)c[n+]1[O-]. The van der Waals surface area contributed by atoms with Crippen LogP contribution in [0, 0.1) is 12.1 Å². The van der Waals surface area contributed by atoms with Crippen LogP contribution in [0.3, 0.4) is 0 Å². The standard InChI is InChI=1S/C6H7BrN2O/c1-4-2-6(8)5(7)3-9(4)10/h2-3H,8H2,1H3. The highest BCUT2D eigenvalue weighted by Gasteiger charge is 2.03. The van der Waals surface area contributed by atoms with Gasteiger partial charge in [0.25, 0.3) is 0 Å². The highest BCUT2D eigenvalue weighted by molar-refractivity contribution is 9.10. The molecule has 1 rings (SSSR count). The van der Waals surface area contributed by atoms with E-state index in [1.54, 1.807) is 13.0 Å². The molecular formula is C6H7BrN2O. The van der Waals surface area contributed by atoms with Gasteiger partial charge in [0.1, 0.15) is 4.47 Å². The number of nitrogen functional groups attached to an aromatic ring is 1. The zero-order chi connectivity index (χ0) is 7.72.